The van der Waals surface area contributed by atoms with Gasteiger partial charge in [0.05, 0.1) is 45.9 Å². The molecule has 0 unspecified atom stereocenters. The molecule has 0 bridgehead atoms. The monoisotopic (exact) mass is 567 g/mol. The normalized spacial score (nSPS) is 17.2. The molecule has 6 N–H and O–H groups in total. The van der Waals surface area contributed by atoms with E-state index in [0.717, 1.165) is 0 Å². The van der Waals surface area contributed by atoms with Crippen LogP contribution in [-0.4, -0.2) is 79.8 Å². The van der Waals surface area contributed by atoms with Crippen LogP contribution in [0, 0.1) is 22.7 Å². The summed E-state index contributed by atoms with van der Waals surface area (Å²) in [5.74, 6) is 0.554. The number of imidazole rings is 1. The molecule has 3 heterocycles. The van der Waals surface area contributed by atoms with Crippen molar-refractivity contribution in [1.29, 1.82) is 10.5 Å². The lowest BCUT2D eigenvalue weighted by atomic mass is 9.97. The molecule has 1 saturated heterocycles. The second-order valence-corrected chi connectivity index (χ2v) is 10.4. The highest BCUT2D eigenvalue weighted by atomic mass is 35.5. The highest BCUT2D eigenvalue weighted by molar-refractivity contribution is 6.36. The highest BCUT2D eigenvalue weighted by Gasteiger charge is 2.32. The Morgan fingerprint density at radius 2 is 2.05 bits per heavy atom. The Labute approximate surface area is 235 Å². The van der Waals surface area contributed by atoms with Crippen molar-refractivity contribution in [3.8, 4) is 12.1 Å². The van der Waals surface area contributed by atoms with Gasteiger partial charge in [0.1, 0.15) is 6.07 Å². The second-order valence-electron chi connectivity index (χ2n) is 9.99. The summed E-state index contributed by atoms with van der Waals surface area (Å²) in [6.07, 6.45) is 0.742. The average molecular weight is 568 g/mol. The third-order valence-electron chi connectivity index (χ3n) is 6.31. The van der Waals surface area contributed by atoms with E-state index in [4.69, 9.17) is 11.6 Å². The zero-order valence-electron chi connectivity index (χ0n) is 22.2. The van der Waals surface area contributed by atoms with E-state index < -0.39 is 11.7 Å². The Bertz CT molecular complexity index is 1490. The number of hydrogen-bond donors (Lipinski definition) is 6. The van der Waals surface area contributed by atoms with Crippen molar-refractivity contribution in [2.45, 2.75) is 44.9 Å². The minimum absolute atomic E-state index is 0.134. The second kappa shape index (κ2) is 11.8. The molecule has 0 spiro atoms. The van der Waals surface area contributed by atoms with E-state index in [1.165, 1.54) is 10.7 Å². The Morgan fingerprint density at radius 1 is 1.27 bits per heavy atom. The van der Waals surface area contributed by atoms with Gasteiger partial charge >= 0.3 is 6.09 Å². The predicted molar refractivity (Wildman–Crippen MR) is 149 cm³/mol. The van der Waals surface area contributed by atoms with Gasteiger partial charge in [-0.05, 0) is 39.3 Å². The summed E-state index contributed by atoms with van der Waals surface area (Å²) < 4.78 is 1.37. The molecule has 2 atom stereocenters. The smallest absolute Gasteiger partial charge is 0.404 e. The number of benzene rings is 1. The third-order valence-corrected chi connectivity index (χ3v) is 6.71. The van der Waals surface area contributed by atoms with Crippen LogP contribution < -0.4 is 26.2 Å². The number of hydrogen-bond acceptors (Lipinski definition) is 11. The molecule has 3 aromatic rings. The first-order valence-electron chi connectivity index (χ1n) is 12.6. The summed E-state index contributed by atoms with van der Waals surface area (Å²) in [4.78, 5) is 22.1. The lowest BCUT2D eigenvalue weighted by Crippen LogP contribution is -2.61. The van der Waals surface area contributed by atoms with Gasteiger partial charge in [0, 0.05) is 32.2 Å². The lowest BCUT2D eigenvalue weighted by Gasteiger charge is -2.41. The first-order valence-corrected chi connectivity index (χ1v) is 13.0. The molecule has 15 heteroatoms. The molecule has 0 aliphatic carbocycles. The summed E-state index contributed by atoms with van der Waals surface area (Å²) in [5.41, 5.74) is 0.896. The fourth-order valence-corrected chi connectivity index (χ4v) is 4.78. The molecule has 2 aromatic heterocycles. The first kappa shape index (κ1) is 28.6. The molecular formula is C25H30ClN11O3. The summed E-state index contributed by atoms with van der Waals surface area (Å²) >= 11 is 6.87. The van der Waals surface area contributed by atoms with Crippen LogP contribution >= 0.6 is 11.6 Å². The van der Waals surface area contributed by atoms with Crippen LogP contribution in [0.25, 0.3) is 5.65 Å². The van der Waals surface area contributed by atoms with Gasteiger partial charge in [-0.2, -0.15) is 20.0 Å². The standard InChI is InChI=1S/C25H30ClN11O3/c1-4-29-21-22-30-11-15(10-28)37(22)35-23(34-21)32-17-7-14(9-27)8-19(20(17)26)36-6-5-16(33-24(38)39)18(12-36)31-13-25(2,3)40/h7-8,11,16,18,31,33,40H,4-6,12-13H2,1-3H3,(H,38,39)(H2,29,32,34,35)/t16-,18+/m1/s1. The van der Waals surface area contributed by atoms with Gasteiger partial charge in [0.15, 0.2) is 17.2 Å². The van der Waals surface area contributed by atoms with Crippen LogP contribution in [-0.2, 0) is 0 Å². The lowest BCUT2D eigenvalue weighted by molar-refractivity contribution is 0.0738. The maximum atomic E-state index is 11.4. The quantitative estimate of drug-likeness (QED) is 0.221. The topological polar surface area (TPSA) is 200 Å². The number of anilines is 4. The number of nitrogens with zero attached hydrogens (tertiary/aromatic N) is 7. The Hall–Kier alpha value is -4.37. The Balaban J connectivity index is 1.68. The van der Waals surface area contributed by atoms with Crippen LogP contribution in [0.4, 0.5) is 27.9 Å². The predicted octanol–water partition coefficient (Wildman–Crippen LogP) is 2.27. The van der Waals surface area contributed by atoms with Crippen molar-refractivity contribution < 1.29 is 15.0 Å². The van der Waals surface area contributed by atoms with E-state index in [-0.39, 0.29) is 30.3 Å². The number of aliphatic hydroxyl groups is 1. The summed E-state index contributed by atoms with van der Waals surface area (Å²) in [6.45, 7) is 6.86. The number of rotatable bonds is 9. The number of fused-ring (bicyclic) bond motifs is 1. The van der Waals surface area contributed by atoms with E-state index >= 15 is 0 Å². The summed E-state index contributed by atoms with van der Waals surface area (Å²) in [6, 6.07) is 6.72. The van der Waals surface area contributed by atoms with Crippen molar-refractivity contribution in [2.24, 2.45) is 0 Å². The SMILES string of the molecule is CCNc1nc(Nc2cc(C#N)cc(N3CC[C@@H](NC(=O)O)[C@@H](NCC(C)(C)O)C3)c2Cl)nn2c(C#N)cnc12. The number of nitriles is 2. The van der Waals surface area contributed by atoms with Crippen LogP contribution in [0.3, 0.4) is 0 Å². The van der Waals surface area contributed by atoms with E-state index in [1.54, 1.807) is 26.0 Å². The molecule has 0 saturated carbocycles. The molecule has 1 aromatic carbocycles. The molecule has 14 nitrogen and oxygen atoms in total. The van der Waals surface area contributed by atoms with E-state index in [0.29, 0.717) is 59.5 Å². The molecule has 1 aliphatic heterocycles. The van der Waals surface area contributed by atoms with Crippen molar-refractivity contribution in [2.75, 3.05) is 41.7 Å². The highest BCUT2D eigenvalue weighted by Crippen LogP contribution is 2.37. The number of carboxylic acid groups (broad SMARTS) is 1. The number of piperidine rings is 1. The molecule has 1 aliphatic rings. The van der Waals surface area contributed by atoms with Crippen molar-refractivity contribution in [3.05, 3.63) is 34.6 Å². The van der Waals surface area contributed by atoms with E-state index in [2.05, 4.69) is 42.4 Å². The van der Waals surface area contributed by atoms with Crippen LogP contribution in [0.1, 0.15) is 38.4 Å². The number of nitrogens with one attached hydrogen (secondary N) is 4. The van der Waals surface area contributed by atoms with Gasteiger partial charge in [-0.25, -0.2) is 9.78 Å². The Morgan fingerprint density at radius 3 is 2.70 bits per heavy atom. The largest absolute Gasteiger partial charge is 0.465 e. The van der Waals surface area contributed by atoms with E-state index in [1.807, 2.05) is 17.9 Å². The zero-order valence-corrected chi connectivity index (χ0v) is 23.0. The summed E-state index contributed by atoms with van der Waals surface area (Å²) in [5, 5.41) is 55.5. The molecular weight excluding hydrogens is 538 g/mol. The maximum absolute atomic E-state index is 11.4. The van der Waals surface area contributed by atoms with Crippen molar-refractivity contribution in [1.82, 2.24) is 30.2 Å². The average Bonchev–Trinajstić information content (AvgIpc) is 3.32. The molecule has 40 heavy (non-hydrogen) atoms. The number of aromatic nitrogens is 4. The van der Waals surface area contributed by atoms with Gasteiger partial charge in [-0.3, -0.25) is 0 Å². The molecule has 0 radical (unpaired) electrons. The first-order chi connectivity index (χ1) is 19.0. The van der Waals surface area contributed by atoms with Gasteiger partial charge in [-0.1, -0.05) is 11.6 Å². The number of carbonyl (C=O) groups is 1. The minimum atomic E-state index is -1.13. The Kier molecular flexibility index (Phi) is 8.44. The molecule has 4 rings (SSSR count). The van der Waals surface area contributed by atoms with Crippen molar-refractivity contribution in [3.63, 3.8) is 0 Å². The fourth-order valence-electron chi connectivity index (χ4n) is 4.50. The van der Waals surface area contributed by atoms with Crippen LogP contribution in [0.5, 0.6) is 0 Å². The number of amides is 1. The van der Waals surface area contributed by atoms with Gasteiger partial charge < -0.3 is 36.4 Å². The molecule has 1 amide bonds. The van der Waals surface area contributed by atoms with Gasteiger partial charge in [0.25, 0.3) is 0 Å². The molecule has 210 valence electrons. The van der Waals surface area contributed by atoms with Gasteiger partial charge in [-0.15, -0.1) is 5.10 Å². The van der Waals surface area contributed by atoms with Crippen molar-refractivity contribution >= 4 is 46.5 Å². The summed E-state index contributed by atoms with van der Waals surface area (Å²) in [7, 11) is 0. The zero-order chi connectivity index (χ0) is 29.0. The fraction of sp³-hybridized carbons (Fsp3) is 0.440. The maximum Gasteiger partial charge on any atom is 0.404 e. The third kappa shape index (κ3) is 6.43. The van der Waals surface area contributed by atoms with Crippen LogP contribution in [0.15, 0.2) is 18.3 Å². The van der Waals surface area contributed by atoms with E-state index in [9.17, 15) is 25.5 Å². The minimum Gasteiger partial charge on any atom is -0.465 e. The number of halogens is 1. The van der Waals surface area contributed by atoms with Crippen LogP contribution in [0.2, 0.25) is 5.02 Å². The van der Waals surface area contributed by atoms with Gasteiger partial charge in [0.2, 0.25) is 5.95 Å². The molecule has 1 fully saturated rings.